The molecule has 29 heavy (non-hydrogen) atoms. The largest absolute Gasteiger partial charge is 0.339 e. The van der Waals surface area contributed by atoms with Crippen LogP contribution in [0.5, 0.6) is 0 Å². The van der Waals surface area contributed by atoms with Crippen LogP contribution >= 0.6 is 11.3 Å². The molecule has 1 amide bonds. The number of aryl methyl sites for hydroxylation is 1. The first kappa shape index (κ1) is 18.9. The molecular formula is C20H16FN5O2S. The molecule has 4 aromatic rings. The third-order valence-corrected chi connectivity index (χ3v) is 4.91. The summed E-state index contributed by atoms with van der Waals surface area (Å²) in [7, 11) is 0. The van der Waals surface area contributed by atoms with Gasteiger partial charge in [0.2, 0.25) is 17.6 Å². The highest BCUT2D eigenvalue weighted by atomic mass is 32.1. The van der Waals surface area contributed by atoms with Crippen LogP contribution in [0.25, 0.3) is 11.4 Å². The second-order valence-electron chi connectivity index (χ2n) is 6.16. The molecule has 0 radical (unpaired) electrons. The Morgan fingerprint density at radius 3 is 2.97 bits per heavy atom. The molecule has 146 valence electrons. The van der Waals surface area contributed by atoms with Gasteiger partial charge in [0.15, 0.2) is 4.80 Å². The Morgan fingerprint density at radius 1 is 1.24 bits per heavy atom. The third kappa shape index (κ3) is 4.69. The SMILES string of the molecule is O=C(CCc1nc(-c2cccnc2)no1)N=c1sccn1Cc1ccccc1F. The average Bonchev–Trinajstić information content (AvgIpc) is 3.39. The lowest BCUT2D eigenvalue weighted by molar-refractivity contribution is -0.118. The van der Waals surface area contributed by atoms with Gasteiger partial charge in [-0.15, -0.1) is 11.3 Å². The van der Waals surface area contributed by atoms with Crippen LogP contribution in [0, 0.1) is 5.82 Å². The fourth-order valence-corrected chi connectivity index (χ4v) is 3.41. The molecule has 0 saturated heterocycles. The Labute approximate surface area is 169 Å². The lowest BCUT2D eigenvalue weighted by atomic mass is 10.2. The molecule has 0 aliphatic carbocycles. The van der Waals surface area contributed by atoms with Crippen molar-refractivity contribution in [3.05, 3.63) is 82.4 Å². The highest BCUT2D eigenvalue weighted by Crippen LogP contribution is 2.14. The first-order valence-electron chi connectivity index (χ1n) is 8.87. The van der Waals surface area contributed by atoms with Crippen LogP contribution < -0.4 is 4.80 Å². The zero-order valence-corrected chi connectivity index (χ0v) is 16.1. The summed E-state index contributed by atoms with van der Waals surface area (Å²) in [6.07, 6.45) is 5.50. The van der Waals surface area contributed by atoms with Crippen molar-refractivity contribution in [3.63, 3.8) is 0 Å². The van der Waals surface area contributed by atoms with E-state index in [4.69, 9.17) is 4.52 Å². The van der Waals surface area contributed by atoms with Crippen LogP contribution in [0.15, 0.2) is 69.9 Å². The molecule has 9 heteroatoms. The van der Waals surface area contributed by atoms with Crippen LogP contribution in [0.2, 0.25) is 0 Å². The van der Waals surface area contributed by atoms with Gasteiger partial charge in [-0.3, -0.25) is 9.78 Å². The number of benzene rings is 1. The monoisotopic (exact) mass is 409 g/mol. The number of rotatable bonds is 6. The van der Waals surface area contributed by atoms with E-state index in [-0.39, 0.29) is 24.6 Å². The maximum atomic E-state index is 13.9. The summed E-state index contributed by atoms with van der Waals surface area (Å²) in [6.45, 7) is 0.306. The standard InChI is InChI=1S/C20H16FN5O2S/c21-16-6-2-1-4-15(16)13-26-10-11-29-20(26)23-17(27)7-8-18-24-19(25-28-18)14-5-3-9-22-12-14/h1-6,9-12H,7-8,13H2. The van der Waals surface area contributed by atoms with Gasteiger partial charge in [0.25, 0.3) is 0 Å². The van der Waals surface area contributed by atoms with Gasteiger partial charge in [0, 0.05) is 47.9 Å². The van der Waals surface area contributed by atoms with Crippen molar-refractivity contribution >= 4 is 17.2 Å². The number of pyridine rings is 1. The highest BCUT2D eigenvalue weighted by molar-refractivity contribution is 7.07. The summed E-state index contributed by atoms with van der Waals surface area (Å²) in [6, 6.07) is 10.1. The Morgan fingerprint density at radius 2 is 2.14 bits per heavy atom. The molecule has 3 aromatic heterocycles. The normalized spacial score (nSPS) is 11.7. The lowest BCUT2D eigenvalue weighted by Gasteiger charge is -2.04. The summed E-state index contributed by atoms with van der Waals surface area (Å²) < 4.78 is 20.8. The van der Waals surface area contributed by atoms with E-state index >= 15 is 0 Å². The first-order chi connectivity index (χ1) is 14.2. The van der Waals surface area contributed by atoms with Gasteiger partial charge in [0.1, 0.15) is 5.82 Å². The number of thiazole rings is 1. The van der Waals surface area contributed by atoms with Crippen molar-refractivity contribution < 1.29 is 13.7 Å². The van der Waals surface area contributed by atoms with Crippen molar-refractivity contribution in [1.29, 1.82) is 0 Å². The summed E-state index contributed by atoms with van der Waals surface area (Å²) in [4.78, 5) is 25.2. The highest BCUT2D eigenvalue weighted by Gasteiger charge is 2.11. The lowest BCUT2D eigenvalue weighted by Crippen LogP contribution is -2.17. The van der Waals surface area contributed by atoms with Crippen molar-refractivity contribution in [2.24, 2.45) is 4.99 Å². The maximum absolute atomic E-state index is 13.9. The third-order valence-electron chi connectivity index (χ3n) is 4.12. The topological polar surface area (TPSA) is 86.2 Å². The zero-order chi connectivity index (χ0) is 20.1. The van der Waals surface area contributed by atoms with Crippen molar-refractivity contribution in [1.82, 2.24) is 19.7 Å². The summed E-state index contributed by atoms with van der Waals surface area (Å²) in [5.41, 5.74) is 1.28. The second-order valence-corrected chi connectivity index (χ2v) is 7.04. The molecule has 0 aliphatic rings. The van der Waals surface area contributed by atoms with E-state index < -0.39 is 0 Å². The van der Waals surface area contributed by atoms with Gasteiger partial charge in [-0.1, -0.05) is 23.4 Å². The number of hydrogen-bond acceptors (Lipinski definition) is 6. The molecule has 0 spiro atoms. The average molecular weight is 409 g/mol. The van der Waals surface area contributed by atoms with E-state index in [9.17, 15) is 9.18 Å². The van der Waals surface area contributed by atoms with E-state index in [1.165, 1.54) is 17.4 Å². The number of nitrogens with zero attached hydrogens (tertiary/aromatic N) is 5. The minimum Gasteiger partial charge on any atom is -0.339 e. The van der Waals surface area contributed by atoms with Gasteiger partial charge in [0.05, 0.1) is 6.54 Å². The minimum absolute atomic E-state index is 0.131. The van der Waals surface area contributed by atoms with Crippen molar-refractivity contribution in [2.45, 2.75) is 19.4 Å². The number of carbonyl (C=O) groups is 1. The van der Waals surface area contributed by atoms with Crippen LogP contribution in [-0.2, 0) is 17.8 Å². The number of amides is 1. The first-order valence-corrected chi connectivity index (χ1v) is 9.75. The number of carbonyl (C=O) groups excluding carboxylic acids is 1. The molecule has 3 heterocycles. The fraction of sp³-hybridized carbons (Fsp3) is 0.150. The predicted octanol–water partition coefficient (Wildman–Crippen LogP) is 3.24. The molecule has 0 unspecified atom stereocenters. The molecular weight excluding hydrogens is 393 g/mol. The number of halogens is 1. The van der Waals surface area contributed by atoms with Crippen molar-refractivity contribution in [3.8, 4) is 11.4 Å². The van der Waals surface area contributed by atoms with E-state index in [1.807, 2.05) is 11.4 Å². The second kappa shape index (κ2) is 8.70. The van der Waals surface area contributed by atoms with E-state index in [0.717, 1.165) is 5.56 Å². The van der Waals surface area contributed by atoms with Gasteiger partial charge in [-0.05, 0) is 18.2 Å². The van der Waals surface area contributed by atoms with Gasteiger partial charge in [-0.2, -0.15) is 9.98 Å². The van der Waals surface area contributed by atoms with Crippen LogP contribution in [0.4, 0.5) is 4.39 Å². The summed E-state index contributed by atoms with van der Waals surface area (Å²) in [5.74, 6) is 0.191. The molecule has 0 aliphatic heterocycles. The maximum Gasteiger partial charge on any atom is 0.248 e. The quantitative estimate of drug-likeness (QED) is 0.488. The molecule has 1 aromatic carbocycles. The van der Waals surface area contributed by atoms with E-state index in [2.05, 4.69) is 20.1 Å². The Kier molecular flexibility index (Phi) is 5.66. The Bertz CT molecular complexity index is 1180. The zero-order valence-electron chi connectivity index (χ0n) is 15.2. The molecule has 4 rings (SSSR count). The van der Waals surface area contributed by atoms with Gasteiger partial charge in [-0.25, -0.2) is 4.39 Å². The predicted molar refractivity (Wildman–Crippen MR) is 104 cm³/mol. The summed E-state index contributed by atoms with van der Waals surface area (Å²) in [5, 5.41) is 5.71. The molecule has 0 bridgehead atoms. The Hall–Kier alpha value is -3.46. The molecule has 0 atom stereocenters. The van der Waals surface area contributed by atoms with Gasteiger partial charge < -0.3 is 9.09 Å². The van der Waals surface area contributed by atoms with Gasteiger partial charge >= 0.3 is 0 Å². The van der Waals surface area contributed by atoms with Crippen LogP contribution in [0.1, 0.15) is 17.9 Å². The van der Waals surface area contributed by atoms with Crippen molar-refractivity contribution in [2.75, 3.05) is 0 Å². The van der Waals surface area contributed by atoms with Crippen LogP contribution in [-0.4, -0.2) is 25.6 Å². The summed E-state index contributed by atoms with van der Waals surface area (Å²) >= 11 is 1.32. The smallest absolute Gasteiger partial charge is 0.248 e. The fourth-order valence-electron chi connectivity index (χ4n) is 2.66. The Balaban J connectivity index is 1.42. The minimum atomic E-state index is -0.309. The molecule has 0 N–H and O–H groups in total. The van der Waals surface area contributed by atoms with E-state index in [0.29, 0.717) is 28.6 Å². The number of hydrogen-bond donors (Lipinski definition) is 0. The molecule has 0 fully saturated rings. The number of aromatic nitrogens is 4. The molecule has 7 nitrogen and oxygen atoms in total. The molecule has 0 saturated carbocycles. The van der Waals surface area contributed by atoms with Crippen LogP contribution in [0.3, 0.4) is 0 Å². The van der Waals surface area contributed by atoms with E-state index in [1.54, 1.807) is 47.4 Å².